The molecule has 0 bridgehead atoms. The number of rotatable bonds is 2. The second kappa shape index (κ2) is 6.08. The number of benzene rings is 2. The van der Waals surface area contributed by atoms with Crippen molar-refractivity contribution in [2.45, 2.75) is 26.2 Å². The van der Waals surface area contributed by atoms with E-state index in [1.54, 1.807) is 18.2 Å². The van der Waals surface area contributed by atoms with E-state index in [9.17, 15) is 4.79 Å². The number of halogens is 2. The van der Waals surface area contributed by atoms with E-state index in [0.717, 1.165) is 11.3 Å². The van der Waals surface area contributed by atoms with Gasteiger partial charge in [-0.3, -0.25) is 4.79 Å². The molecule has 2 aromatic rings. The van der Waals surface area contributed by atoms with Gasteiger partial charge in [0.2, 0.25) is 0 Å². The Bertz CT molecular complexity index is 675. The highest BCUT2D eigenvalue weighted by atomic mass is 35.5. The van der Waals surface area contributed by atoms with Gasteiger partial charge in [0.25, 0.3) is 5.91 Å². The molecule has 0 aliphatic rings. The highest BCUT2D eigenvalue weighted by molar-refractivity contribution is 6.37. The van der Waals surface area contributed by atoms with Gasteiger partial charge >= 0.3 is 0 Å². The monoisotopic (exact) mass is 321 g/mol. The highest BCUT2D eigenvalue weighted by Crippen LogP contribution is 2.30. The summed E-state index contributed by atoms with van der Waals surface area (Å²) in [6.07, 6.45) is 0. The maximum Gasteiger partial charge on any atom is 0.257 e. The minimum Gasteiger partial charge on any atom is -0.322 e. The molecule has 0 radical (unpaired) electrons. The molecule has 0 aromatic heterocycles. The molecule has 0 unspecified atom stereocenters. The average Bonchev–Trinajstić information content (AvgIpc) is 2.37. The fourth-order valence-corrected chi connectivity index (χ4v) is 2.60. The fraction of sp³-hybridized carbons (Fsp3) is 0.235. The number of hydrogen-bond acceptors (Lipinski definition) is 1. The summed E-state index contributed by atoms with van der Waals surface area (Å²) in [5.74, 6) is -0.242. The van der Waals surface area contributed by atoms with Crippen LogP contribution in [0.4, 0.5) is 5.69 Å². The van der Waals surface area contributed by atoms with Crippen LogP contribution >= 0.6 is 23.2 Å². The molecule has 0 fully saturated rings. The number of anilines is 1. The van der Waals surface area contributed by atoms with Gasteiger partial charge in [-0.2, -0.15) is 0 Å². The third kappa shape index (κ3) is 3.78. The molecule has 4 heteroatoms. The summed E-state index contributed by atoms with van der Waals surface area (Å²) in [7, 11) is 0. The first-order valence-corrected chi connectivity index (χ1v) is 7.40. The number of carbonyl (C=O) groups excluding carboxylic acids is 1. The van der Waals surface area contributed by atoms with Gasteiger partial charge in [0.05, 0.1) is 10.6 Å². The van der Waals surface area contributed by atoms with Crippen LogP contribution in [0.15, 0.2) is 42.5 Å². The molecule has 110 valence electrons. The zero-order valence-corrected chi connectivity index (χ0v) is 13.7. The molecule has 1 N–H and O–H groups in total. The number of hydrogen-bond donors (Lipinski definition) is 1. The van der Waals surface area contributed by atoms with Gasteiger partial charge in [0.15, 0.2) is 0 Å². The molecule has 0 saturated carbocycles. The lowest BCUT2D eigenvalue weighted by Crippen LogP contribution is -2.18. The van der Waals surface area contributed by atoms with E-state index in [1.807, 2.05) is 24.3 Å². The molecule has 0 spiro atoms. The number of nitrogens with one attached hydrogen (secondary N) is 1. The second-order valence-electron chi connectivity index (χ2n) is 5.87. The summed E-state index contributed by atoms with van der Waals surface area (Å²) in [5.41, 5.74) is 2.21. The van der Waals surface area contributed by atoms with Crippen LogP contribution in [0.2, 0.25) is 10.0 Å². The summed E-state index contributed by atoms with van der Waals surface area (Å²) in [6.45, 7) is 6.31. The first-order valence-electron chi connectivity index (χ1n) is 6.65. The average molecular weight is 322 g/mol. The van der Waals surface area contributed by atoms with Crippen molar-refractivity contribution in [2.75, 3.05) is 5.32 Å². The van der Waals surface area contributed by atoms with Gasteiger partial charge < -0.3 is 5.32 Å². The maximum absolute atomic E-state index is 12.4. The molecule has 0 heterocycles. The van der Waals surface area contributed by atoms with Crippen molar-refractivity contribution in [3.05, 3.63) is 63.6 Å². The van der Waals surface area contributed by atoms with Crippen molar-refractivity contribution < 1.29 is 4.79 Å². The van der Waals surface area contributed by atoms with Crippen molar-refractivity contribution in [2.24, 2.45) is 0 Å². The smallest absolute Gasteiger partial charge is 0.257 e. The lowest BCUT2D eigenvalue weighted by Gasteiger charge is -2.23. The van der Waals surface area contributed by atoms with Crippen molar-refractivity contribution in [3.8, 4) is 0 Å². The van der Waals surface area contributed by atoms with Crippen molar-refractivity contribution in [1.82, 2.24) is 0 Å². The van der Waals surface area contributed by atoms with E-state index < -0.39 is 0 Å². The zero-order valence-electron chi connectivity index (χ0n) is 12.2. The van der Waals surface area contributed by atoms with Crippen LogP contribution in [-0.2, 0) is 5.41 Å². The minimum atomic E-state index is -0.242. The molecule has 2 rings (SSSR count). The molecule has 1 amide bonds. The lowest BCUT2D eigenvalue weighted by atomic mass is 9.86. The Labute approximate surface area is 135 Å². The number of amides is 1. The molecule has 21 heavy (non-hydrogen) atoms. The van der Waals surface area contributed by atoms with E-state index in [4.69, 9.17) is 23.2 Å². The Kier molecular flexibility index (Phi) is 4.60. The highest BCUT2D eigenvalue weighted by Gasteiger charge is 2.19. The molecule has 0 saturated heterocycles. The Morgan fingerprint density at radius 3 is 2.33 bits per heavy atom. The zero-order chi connectivity index (χ0) is 15.6. The lowest BCUT2D eigenvalue weighted by molar-refractivity contribution is 0.102. The standard InChI is InChI=1S/C17H17Cl2NO/c1-17(2,3)13-6-4-5-7-15(13)20-16(21)12-9-8-11(18)10-14(12)19/h4-10H,1-3H3,(H,20,21). The van der Waals surface area contributed by atoms with Crippen molar-refractivity contribution >= 4 is 34.8 Å². The van der Waals surface area contributed by atoms with E-state index in [1.165, 1.54) is 0 Å². The summed E-state index contributed by atoms with van der Waals surface area (Å²) >= 11 is 11.9. The van der Waals surface area contributed by atoms with Crippen LogP contribution in [0.5, 0.6) is 0 Å². The molecular formula is C17H17Cl2NO. The van der Waals surface area contributed by atoms with Crippen molar-refractivity contribution in [1.29, 1.82) is 0 Å². The van der Waals surface area contributed by atoms with E-state index in [0.29, 0.717) is 15.6 Å². The first-order chi connectivity index (χ1) is 9.79. The van der Waals surface area contributed by atoms with Gasteiger partial charge in [-0.05, 0) is 35.2 Å². The van der Waals surface area contributed by atoms with Crippen LogP contribution in [0.25, 0.3) is 0 Å². The largest absolute Gasteiger partial charge is 0.322 e. The normalized spacial score (nSPS) is 11.3. The maximum atomic E-state index is 12.4. The molecular weight excluding hydrogens is 305 g/mol. The van der Waals surface area contributed by atoms with Crippen LogP contribution in [0.1, 0.15) is 36.7 Å². The number of carbonyl (C=O) groups is 1. The summed E-state index contributed by atoms with van der Waals surface area (Å²) in [6, 6.07) is 12.6. The van der Waals surface area contributed by atoms with Crippen molar-refractivity contribution in [3.63, 3.8) is 0 Å². The third-order valence-corrected chi connectivity index (χ3v) is 3.71. The second-order valence-corrected chi connectivity index (χ2v) is 6.72. The van der Waals surface area contributed by atoms with E-state index in [-0.39, 0.29) is 11.3 Å². The van der Waals surface area contributed by atoms with Crippen LogP contribution in [-0.4, -0.2) is 5.91 Å². The van der Waals surface area contributed by atoms with E-state index in [2.05, 4.69) is 26.1 Å². The predicted molar refractivity (Wildman–Crippen MR) is 89.6 cm³/mol. The molecule has 2 aromatic carbocycles. The van der Waals surface area contributed by atoms with E-state index >= 15 is 0 Å². The Hall–Kier alpha value is -1.51. The minimum absolute atomic E-state index is 0.0618. The van der Waals surface area contributed by atoms with Crippen LogP contribution < -0.4 is 5.32 Å². The van der Waals surface area contributed by atoms with Crippen LogP contribution in [0.3, 0.4) is 0 Å². The SMILES string of the molecule is CC(C)(C)c1ccccc1NC(=O)c1ccc(Cl)cc1Cl. The Morgan fingerprint density at radius 1 is 1.05 bits per heavy atom. The number of para-hydroxylation sites is 1. The molecule has 0 aliphatic heterocycles. The molecule has 0 aliphatic carbocycles. The van der Waals surface area contributed by atoms with Crippen LogP contribution in [0, 0.1) is 0 Å². The Balaban J connectivity index is 2.32. The third-order valence-electron chi connectivity index (χ3n) is 3.16. The Morgan fingerprint density at radius 2 is 1.71 bits per heavy atom. The first kappa shape index (κ1) is 15.9. The molecule has 2 nitrogen and oxygen atoms in total. The molecule has 0 atom stereocenters. The summed E-state index contributed by atoms with van der Waals surface area (Å²) in [4.78, 5) is 12.4. The van der Waals surface area contributed by atoms with Gasteiger partial charge in [-0.25, -0.2) is 0 Å². The topological polar surface area (TPSA) is 29.1 Å². The van der Waals surface area contributed by atoms with Gasteiger partial charge in [-0.1, -0.05) is 62.2 Å². The predicted octanol–water partition coefficient (Wildman–Crippen LogP) is 5.54. The van der Waals surface area contributed by atoms with Gasteiger partial charge in [0.1, 0.15) is 0 Å². The van der Waals surface area contributed by atoms with Gasteiger partial charge in [-0.15, -0.1) is 0 Å². The summed E-state index contributed by atoms with van der Waals surface area (Å²) in [5, 5.41) is 3.77. The van der Waals surface area contributed by atoms with Gasteiger partial charge in [0, 0.05) is 10.7 Å². The fourth-order valence-electron chi connectivity index (χ4n) is 2.11. The summed E-state index contributed by atoms with van der Waals surface area (Å²) < 4.78 is 0. The quantitative estimate of drug-likeness (QED) is 0.772.